The van der Waals surface area contributed by atoms with Gasteiger partial charge in [0.2, 0.25) is 4.96 Å². The smallest absolute Gasteiger partial charge is 0.281 e. The molecule has 0 saturated heterocycles. The van der Waals surface area contributed by atoms with E-state index in [1.54, 1.807) is 24.4 Å². The number of methoxy groups -OCH3 is 1. The molecule has 8 nitrogen and oxygen atoms in total. The Bertz CT molecular complexity index is 1020. The fourth-order valence-corrected chi connectivity index (χ4v) is 4.54. The third-order valence-corrected chi connectivity index (χ3v) is 6.11. The van der Waals surface area contributed by atoms with E-state index in [9.17, 15) is 9.59 Å². The second-order valence-electron chi connectivity index (χ2n) is 5.67. The summed E-state index contributed by atoms with van der Waals surface area (Å²) in [6.07, 6.45) is 3.48. The zero-order valence-corrected chi connectivity index (χ0v) is 15.5. The second-order valence-corrected chi connectivity index (χ2v) is 7.85. The maximum absolute atomic E-state index is 12.7. The minimum atomic E-state index is -0.273. The Labute approximate surface area is 156 Å². The van der Waals surface area contributed by atoms with Gasteiger partial charge in [0.1, 0.15) is 5.69 Å². The molecule has 4 heterocycles. The van der Waals surface area contributed by atoms with Crippen molar-refractivity contribution in [1.82, 2.24) is 24.5 Å². The van der Waals surface area contributed by atoms with Crippen LogP contribution in [-0.2, 0) is 17.0 Å². The van der Waals surface area contributed by atoms with Crippen LogP contribution in [0.15, 0.2) is 33.7 Å². The zero-order valence-electron chi connectivity index (χ0n) is 13.9. The Morgan fingerprint density at radius 3 is 2.88 bits per heavy atom. The molecule has 1 aliphatic rings. The summed E-state index contributed by atoms with van der Waals surface area (Å²) in [6, 6.07) is 3.87. The number of rotatable bonds is 6. The van der Waals surface area contributed by atoms with Gasteiger partial charge in [-0.2, -0.15) is 4.52 Å². The van der Waals surface area contributed by atoms with Crippen LogP contribution in [0.4, 0.5) is 0 Å². The van der Waals surface area contributed by atoms with Crippen molar-refractivity contribution < 1.29 is 9.53 Å². The molecule has 0 bridgehead atoms. The van der Waals surface area contributed by atoms with Gasteiger partial charge in [0.15, 0.2) is 4.34 Å². The molecule has 0 radical (unpaired) electrons. The van der Waals surface area contributed by atoms with Crippen LogP contribution in [0.5, 0.6) is 0 Å². The first kappa shape index (κ1) is 17.1. The van der Waals surface area contributed by atoms with Gasteiger partial charge in [-0.15, -0.1) is 5.10 Å². The molecule has 3 aromatic heterocycles. The molecule has 0 aliphatic carbocycles. The third kappa shape index (κ3) is 3.11. The van der Waals surface area contributed by atoms with Gasteiger partial charge < -0.3 is 9.64 Å². The van der Waals surface area contributed by atoms with Gasteiger partial charge in [0, 0.05) is 31.8 Å². The number of hydrogen-bond donors (Lipinski definition) is 0. The fraction of sp³-hybridized carbons (Fsp3) is 0.312. The normalized spacial score (nSPS) is 13.6. The van der Waals surface area contributed by atoms with Crippen LogP contribution >= 0.6 is 23.1 Å². The molecule has 1 amide bonds. The number of ether oxygens (including phenoxy) is 1. The van der Waals surface area contributed by atoms with Crippen molar-refractivity contribution in [2.75, 3.05) is 20.3 Å². The summed E-state index contributed by atoms with van der Waals surface area (Å²) in [5, 5.41) is 4.37. The van der Waals surface area contributed by atoms with Crippen molar-refractivity contribution in [3.8, 4) is 0 Å². The molecule has 0 atom stereocenters. The predicted octanol–water partition coefficient (Wildman–Crippen LogP) is 1.44. The Morgan fingerprint density at radius 1 is 1.31 bits per heavy atom. The monoisotopic (exact) mass is 389 g/mol. The van der Waals surface area contributed by atoms with Crippen molar-refractivity contribution in [1.29, 1.82) is 0 Å². The van der Waals surface area contributed by atoms with Gasteiger partial charge in [-0.05, 0) is 17.7 Å². The van der Waals surface area contributed by atoms with E-state index in [2.05, 4.69) is 15.1 Å². The van der Waals surface area contributed by atoms with Gasteiger partial charge >= 0.3 is 0 Å². The van der Waals surface area contributed by atoms with E-state index in [0.29, 0.717) is 23.7 Å². The van der Waals surface area contributed by atoms with Crippen LogP contribution in [0.2, 0.25) is 0 Å². The standard InChI is InChI=1S/C16H15N5O3S2/c1-24-7-6-20-8-11-12(14(20)23)18-15-21(13(11)22)19-16(26-15)25-9-10-2-4-17-5-3-10/h2-5H,6-9H2,1H3. The first-order valence-corrected chi connectivity index (χ1v) is 9.70. The number of amides is 1. The number of fused-ring (bicyclic) bond motifs is 2. The van der Waals surface area contributed by atoms with Gasteiger partial charge in [-0.3, -0.25) is 14.6 Å². The minimum Gasteiger partial charge on any atom is -0.383 e. The van der Waals surface area contributed by atoms with Gasteiger partial charge in [0.25, 0.3) is 11.5 Å². The van der Waals surface area contributed by atoms with E-state index >= 15 is 0 Å². The molecule has 4 rings (SSSR count). The van der Waals surface area contributed by atoms with Gasteiger partial charge in [-0.25, -0.2) is 4.98 Å². The first-order chi connectivity index (χ1) is 12.7. The number of carbonyl (C=O) groups is 1. The molecule has 0 N–H and O–H groups in total. The molecule has 10 heteroatoms. The van der Waals surface area contributed by atoms with Crippen LogP contribution < -0.4 is 5.56 Å². The lowest BCUT2D eigenvalue weighted by molar-refractivity contribution is 0.0715. The summed E-state index contributed by atoms with van der Waals surface area (Å²) in [7, 11) is 1.58. The van der Waals surface area contributed by atoms with Crippen molar-refractivity contribution in [3.63, 3.8) is 0 Å². The number of aromatic nitrogens is 4. The summed E-state index contributed by atoms with van der Waals surface area (Å²) < 4.78 is 7.04. The average Bonchev–Trinajstić information content (AvgIpc) is 3.21. The van der Waals surface area contributed by atoms with Crippen LogP contribution in [0, 0.1) is 0 Å². The summed E-state index contributed by atoms with van der Waals surface area (Å²) in [5.74, 6) is 0.497. The number of pyridine rings is 1. The summed E-state index contributed by atoms with van der Waals surface area (Å²) in [5.41, 5.74) is 1.49. The van der Waals surface area contributed by atoms with E-state index < -0.39 is 0 Å². The predicted molar refractivity (Wildman–Crippen MR) is 97.5 cm³/mol. The zero-order chi connectivity index (χ0) is 18.1. The second kappa shape index (κ2) is 7.14. The van der Waals surface area contributed by atoms with Gasteiger partial charge in [0.05, 0.1) is 18.7 Å². The summed E-state index contributed by atoms with van der Waals surface area (Å²) in [4.78, 5) is 35.6. The van der Waals surface area contributed by atoms with Crippen LogP contribution in [0.25, 0.3) is 4.96 Å². The van der Waals surface area contributed by atoms with E-state index in [1.807, 2.05) is 12.1 Å². The lowest BCUT2D eigenvalue weighted by atomic mass is 10.3. The van der Waals surface area contributed by atoms with E-state index in [0.717, 1.165) is 15.7 Å². The molecule has 26 heavy (non-hydrogen) atoms. The van der Waals surface area contributed by atoms with E-state index in [-0.39, 0.29) is 23.7 Å². The highest BCUT2D eigenvalue weighted by atomic mass is 32.2. The van der Waals surface area contributed by atoms with Gasteiger partial charge in [-0.1, -0.05) is 23.1 Å². The average molecular weight is 389 g/mol. The lowest BCUT2D eigenvalue weighted by Gasteiger charge is -2.13. The SMILES string of the molecule is COCCN1Cc2c(nc3sc(SCc4ccncc4)nn3c2=O)C1=O. The first-order valence-electron chi connectivity index (χ1n) is 7.90. The molecule has 0 fully saturated rings. The molecule has 3 aromatic rings. The summed E-state index contributed by atoms with van der Waals surface area (Å²) in [6.45, 7) is 1.11. The number of hydrogen-bond acceptors (Lipinski definition) is 8. The molecule has 0 saturated carbocycles. The minimum absolute atomic E-state index is 0.226. The number of nitrogens with zero attached hydrogens (tertiary/aromatic N) is 5. The molecule has 1 aliphatic heterocycles. The molecule has 0 aromatic carbocycles. The topological polar surface area (TPSA) is 89.7 Å². The maximum Gasteiger partial charge on any atom is 0.281 e. The van der Waals surface area contributed by atoms with Crippen molar-refractivity contribution >= 4 is 34.0 Å². The quantitative estimate of drug-likeness (QED) is 0.589. The highest BCUT2D eigenvalue weighted by Gasteiger charge is 2.32. The third-order valence-electron chi connectivity index (χ3n) is 4.00. The van der Waals surface area contributed by atoms with Crippen molar-refractivity contribution in [2.24, 2.45) is 0 Å². The van der Waals surface area contributed by atoms with E-state index in [1.165, 1.54) is 27.6 Å². The Balaban J connectivity index is 1.60. The van der Waals surface area contributed by atoms with Crippen LogP contribution in [0.1, 0.15) is 21.6 Å². The Morgan fingerprint density at radius 2 is 2.12 bits per heavy atom. The molecule has 0 spiro atoms. The van der Waals surface area contributed by atoms with Crippen LogP contribution in [0.3, 0.4) is 0 Å². The highest BCUT2D eigenvalue weighted by Crippen LogP contribution is 2.28. The molecular formula is C16H15N5O3S2. The molecule has 0 unspecified atom stereocenters. The number of carbonyl (C=O) groups excluding carboxylic acids is 1. The molecular weight excluding hydrogens is 374 g/mol. The Hall–Kier alpha value is -2.30. The lowest BCUT2D eigenvalue weighted by Crippen LogP contribution is -2.28. The summed E-state index contributed by atoms with van der Waals surface area (Å²) >= 11 is 2.84. The van der Waals surface area contributed by atoms with Crippen molar-refractivity contribution in [3.05, 3.63) is 51.7 Å². The molecule has 134 valence electrons. The van der Waals surface area contributed by atoms with Crippen LogP contribution in [-0.4, -0.2) is 50.7 Å². The van der Waals surface area contributed by atoms with Crippen molar-refractivity contribution in [2.45, 2.75) is 16.6 Å². The largest absolute Gasteiger partial charge is 0.383 e. The highest BCUT2D eigenvalue weighted by molar-refractivity contribution is 8.00. The van der Waals surface area contributed by atoms with E-state index in [4.69, 9.17) is 4.74 Å². The number of thioether (sulfide) groups is 1. The Kier molecular flexibility index (Phi) is 4.70. The maximum atomic E-state index is 12.7. The fourth-order valence-electron chi connectivity index (χ4n) is 2.66.